The van der Waals surface area contributed by atoms with Gasteiger partial charge < -0.3 is 24.4 Å². The summed E-state index contributed by atoms with van der Waals surface area (Å²) in [4.78, 5) is 31.3. The number of hydrogen-bond acceptors (Lipinski definition) is 6. The Bertz CT molecular complexity index is 1150. The molecule has 0 spiro atoms. The van der Waals surface area contributed by atoms with Crippen molar-refractivity contribution in [1.82, 2.24) is 9.88 Å². The van der Waals surface area contributed by atoms with Crippen LogP contribution in [0.5, 0.6) is 17.4 Å². The van der Waals surface area contributed by atoms with E-state index in [4.69, 9.17) is 14.2 Å². The number of nitrogens with zero attached hydrogens (tertiary/aromatic N) is 2. The molecule has 34 heavy (non-hydrogen) atoms. The molecule has 3 atom stereocenters. The second-order valence-electron chi connectivity index (χ2n) is 9.17. The minimum atomic E-state index is -0.540. The van der Waals surface area contributed by atoms with Crippen LogP contribution in [0, 0.1) is 12.7 Å². The van der Waals surface area contributed by atoms with Crippen molar-refractivity contribution >= 4 is 17.5 Å². The van der Waals surface area contributed by atoms with Crippen LogP contribution in [0.4, 0.5) is 10.1 Å². The number of ether oxygens (including phenoxy) is 3. The number of benzene rings is 1. The minimum absolute atomic E-state index is 0.0295. The summed E-state index contributed by atoms with van der Waals surface area (Å²) >= 11 is 0. The lowest BCUT2D eigenvalue weighted by Crippen LogP contribution is -2.37. The summed E-state index contributed by atoms with van der Waals surface area (Å²) in [6.07, 6.45) is 3.47. The van der Waals surface area contributed by atoms with Gasteiger partial charge in [0.15, 0.2) is 11.6 Å². The molecule has 1 fully saturated rings. The SMILES string of the molecule is CCC(C)Oc1c(F)c(C)cc2c1C(=O)N1C[C@@H](Oc3cc4c(cn3)CCC(=O)N4)C[C@@H]1CO2. The van der Waals surface area contributed by atoms with E-state index >= 15 is 4.39 Å². The number of anilines is 1. The van der Waals surface area contributed by atoms with Crippen LogP contribution in [0.1, 0.15) is 54.6 Å². The third kappa shape index (κ3) is 4.03. The molecule has 1 N–H and O–H groups in total. The molecular weight excluding hydrogens is 441 g/mol. The molecule has 1 saturated heterocycles. The maximum atomic E-state index is 15.1. The van der Waals surface area contributed by atoms with Crippen LogP contribution in [-0.4, -0.2) is 53.1 Å². The van der Waals surface area contributed by atoms with Gasteiger partial charge in [0.05, 0.1) is 24.4 Å². The van der Waals surface area contributed by atoms with Crippen LogP contribution >= 0.6 is 0 Å². The van der Waals surface area contributed by atoms with E-state index in [1.807, 2.05) is 13.8 Å². The minimum Gasteiger partial charge on any atom is -0.490 e. The molecule has 4 heterocycles. The number of aromatic nitrogens is 1. The Hall–Kier alpha value is -3.36. The highest BCUT2D eigenvalue weighted by molar-refractivity contribution is 6.00. The quantitative estimate of drug-likeness (QED) is 0.719. The molecule has 0 bridgehead atoms. The fraction of sp³-hybridized carbons (Fsp3) is 0.480. The molecule has 0 aliphatic carbocycles. The lowest BCUT2D eigenvalue weighted by molar-refractivity contribution is -0.116. The Labute approximate surface area is 197 Å². The highest BCUT2D eigenvalue weighted by Crippen LogP contribution is 2.40. The van der Waals surface area contributed by atoms with Gasteiger partial charge in [-0.15, -0.1) is 0 Å². The van der Waals surface area contributed by atoms with Gasteiger partial charge in [-0.1, -0.05) is 6.92 Å². The van der Waals surface area contributed by atoms with E-state index in [2.05, 4.69) is 10.3 Å². The van der Waals surface area contributed by atoms with E-state index in [-0.39, 0.29) is 48.0 Å². The molecule has 1 unspecified atom stereocenters. The van der Waals surface area contributed by atoms with E-state index in [1.54, 1.807) is 30.2 Å². The Morgan fingerprint density at radius 3 is 2.94 bits per heavy atom. The normalized spacial score (nSPS) is 22.1. The first kappa shape index (κ1) is 22.4. The summed E-state index contributed by atoms with van der Waals surface area (Å²) in [6.45, 7) is 6.01. The lowest BCUT2D eigenvalue weighted by Gasteiger charge is -2.22. The first-order chi connectivity index (χ1) is 16.3. The predicted octanol–water partition coefficient (Wildman–Crippen LogP) is 3.65. The third-order valence-electron chi connectivity index (χ3n) is 6.69. The molecule has 5 rings (SSSR count). The van der Waals surface area contributed by atoms with Crippen molar-refractivity contribution in [2.75, 3.05) is 18.5 Å². The second-order valence-corrected chi connectivity index (χ2v) is 9.17. The van der Waals surface area contributed by atoms with Crippen LogP contribution < -0.4 is 19.5 Å². The van der Waals surface area contributed by atoms with Crippen LogP contribution in [0.3, 0.4) is 0 Å². The van der Waals surface area contributed by atoms with Gasteiger partial charge in [-0.3, -0.25) is 9.59 Å². The summed E-state index contributed by atoms with van der Waals surface area (Å²) < 4.78 is 33.0. The highest BCUT2D eigenvalue weighted by Gasteiger charge is 2.42. The molecule has 0 radical (unpaired) electrons. The van der Waals surface area contributed by atoms with Crippen molar-refractivity contribution in [2.24, 2.45) is 0 Å². The third-order valence-corrected chi connectivity index (χ3v) is 6.69. The number of amides is 2. The number of halogens is 1. The molecule has 9 heteroatoms. The fourth-order valence-electron chi connectivity index (χ4n) is 4.62. The van der Waals surface area contributed by atoms with Gasteiger partial charge in [-0.05, 0) is 43.9 Å². The zero-order valence-corrected chi connectivity index (χ0v) is 19.5. The molecule has 3 aliphatic rings. The van der Waals surface area contributed by atoms with Crippen molar-refractivity contribution in [3.63, 3.8) is 0 Å². The lowest BCUT2D eigenvalue weighted by atomic mass is 10.1. The highest BCUT2D eigenvalue weighted by atomic mass is 19.1. The van der Waals surface area contributed by atoms with E-state index < -0.39 is 5.82 Å². The summed E-state index contributed by atoms with van der Waals surface area (Å²) in [5.74, 6) is -0.209. The van der Waals surface area contributed by atoms with Gasteiger partial charge in [0.1, 0.15) is 24.0 Å². The smallest absolute Gasteiger partial charge is 0.262 e. The topological polar surface area (TPSA) is 90.0 Å². The zero-order valence-electron chi connectivity index (χ0n) is 19.5. The molecule has 0 saturated carbocycles. The van der Waals surface area contributed by atoms with Gasteiger partial charge in [0, 0.05) is 25.1 Å². The van der Waals surface area contributed by atoms with Gasteiger partial charge in [0.25, 0.3) is 5.91 Å². The van der Waals surface area contributed by atoms with Gasteiger partial charge in [-0.25, -0.2) is 9.37 Å². The molecular formula is C25H28FN3O5. The molecule has 2 aromatic rings. The summed E-state index contributed by atoms with van der Waals surface area (Å²) in [6, 6.07) is 3.06. The Morgan fingerprint density at radius 2 is 2.15 bits per heavy atom. The molecule has 3 aliphatic heterocycles. The molecule has 1 aromatic heterocycles. The molecule has 2 amide bonds. The molecule has 180 valence electrons. The first-order valence-electron chi connectivity index (χ1n) is 11.7. The van der Waals surface area contributed by atoms with Crippen molar-refractivity contribution in [3.8, 4) is 17.4 Å². The van der Waals surface area contributed by atoms with E-state index in [1.165, 1.54) is 0 Å². The predicted molar refractivity (Wildman–Crippen MR) is 122 cm³/mol. The van der Waals surface area contributed by atoms with Crippen molar-refractivity contribution in [3.05, 3.63) is 40.8 Å². The van der Waals surface area contributed by atoms with E-state index in [9.17, 15) is 9.59 Å². The number of carbonyl (C=O) groups is 2. The average molecular weight is 470 g/mol. The molecule has 8 nitrogen and oxygen atoms in total. The first-order valence-corrected chi connectivity index (χ1v) is 11.7. The summed E-state index contributed by atoms with van der Waals surface area (Å²) in [5.41, 5.74) is 2.18. The maximum Gasteiger partial charge on any atom is 0.262 e. The number of carbonyl (C=O) groups excluding carboxylic acids is 2. The number of fused-ring (bicyclic) bond motifs is 3. The monoisotopic (exact) mass is 469 g/mol. The summed E-state index contributed by atoms with van der Waals surface area (Å²) in [5, 5.41) is 2.84. The Morgan fingerprint density at radius 1 is 1.32 bits per heavy atom. The maximum absolute atomic E-state index is 15.1. The second kappa shape index (κ2) is 8.77. The van der Waals surface area contributed by atoms with E-state index in [0.717, 1.165) is 5.56 Å². The Balaban J connectivity index is 1.38. The largest absolute Gasteiger partial charge is 0.490 e. The Kier molecular flexibility index (Phi) is 5.79. The van der Waals surface area contributed by atoms with Crippen LogP contribution in [0.15, 0.2) is 18.3 Å². The number of nitrogens with one attached hydrogen (secondary N) is 1. The zero-order chi connectivity index (χ0) is 24.0. The number of hydrogen-bond donors (Lipinski definition) is 1. The van der Waals surface area contributed by atoms with Crippen LogP contribution in [0.25, 0.3) is 0 Å². The fourth-order valence-corrected chi connectivity index (χ4v) is 4.62. The standard InChI is InChI=1S/C25H28FN3O5/c1-4-14(3)33-24-22-19(7-13(2)23(24)26)32-12-16-8-17(11-29(16)25(22)31)34-21-9-18-15(10-27-21)5-6-20(30)28-18/h7,9-10,14,16-17H,4-6,8,11-12H2,1-3H3,(H,28,30)/t14?,16-,17+/m1/s1. The van der Waals surface area contributed by atoms with E-state index in [0.29, 0.717) is 55.1 Å². The summed E-state index contributed by atoms with van der Waals surface area (Å²) in [7, 11) is 0. The van der Waals surface area contributed by atoms with Crippen molar-refractivity contribution in [1.29, 1.82) is 0 Å². The van der Waals surface area contributed by atoms with Crippen LogP contribution in [-0.2, 0) is 11.2 Å². The van der Waals surface area contributed by atoms with Gasteiger partial charge >= 0.3 is 0 Å². The number of pyridine rings is 1. The van der Waals surface area contributed by atoms with Crippen molar-refractivity contribution in [2.45, 2.75) is 64.7 Å². The van der Waals surface area contributed by atoms with Gasteiger partial charge in [0.2, 0.25) is 11.8 Å². The average Bonchev–Trinajstić information content (AvgIpc) is 3.17. The molecule has 1 aromatic carbocycles. The number of rotatable bonds is 5. The van der Waals surface area contributed by atoms with Crippen LogP contribution in [0.2, 0.25) is 0 Å². The van der Waals surface area contributed by atoms with Crippen molar-refractivity contribution < 1.29 is 28.2 Å². The number of aryl methyl sites for hydroxylation is 2. The van der Waals surface area contributed by atoms with Gasteiger partial charge in [-0.2, -0.15) is 0 Å².